The summed E-state index contributed by atoms with van der Waals surface area (Å²) in [6, 6.07) is 0. The summed E-state index contributed by atoms with van der Waals surface area (Å²) in [7, 11) is 1.50. The molecule has 0 unspecified atom stereocenters. The smallest absolute Gasteiger partial charge is 0.00773 e. The molecule has 0 saturated heterocycles. The molecule has 15 heavy (non-hydrogen) atoms. The van der Waals surface area contributed by atoms with Gasteiger partial charge in [-0.25, -0.2) is 0 Å². The fraction of sp³-hybridized carbons (Fsp3) is 1.00. The summed E-state index contributed by atoms with van der Waals surface area (Å²) < 4.78 is 0. The molecule has 0 aliphatic carbocycles. The highest BCUT2D eigenvalue weighted by Gasteiger charge is 1.90. The first kappa shape index (κ1) is 17.3. The zero-order valence-electron chi connectivity index (χ0n) is 10.9. The lowest BCUT2D eigenvalue weighted by Crippen LogP contribution is -1.97. The predicted octanol–water partition coefficient (Wildman–Crippen LogP) is 3.44. The van der Waals surface area contributed by atoms with Gasteiger partial charge >= 0.3 is 0 Å². The molecule has 0 radical (unpaired) electrons. The van der Waals surface area contributed by atoms with E-state index in [0.29, 0.717) is 0 Å². The third-order valence-electron chi connectivity index (χ3n) is 2.56. The van der Waals surface area contributed by atoms with Gasteiger partial charge in [-0.3, -0.25) is 0 Å². The van der Waals surface area contributed by atoms with E-state index >= 15 is 0 Å². The molecule has 0 aromatic heterocycles. The number of hydrogen-bond acceptors (Lipinski definition) is 2. The molecule has 0 aromatic rings. The van der Waals surface area contributed by atoms with Crippen LogP contribution in [0.4, 0.5) is 0 Å². The standard InChI is InChI=1S/C12H27N.CH5N/c1-2-3-4-5-6-7-8-9-10-11-12-13;1-2/h2-13H2,1H3;2H2,1H3. The Labute approximate surface area is 96.8 Å². The van der Waals surface area contributed by atoms with E-state index in [1.54, 1.807) is 0 Å². The van der Waals surface area contributed by atoms with Crippen LogP contribution in [0.15, 0.2) is 0 Å². The lowest BCUT2D eigenvalue weighted by Gasteiger charge is -2.00. The Morgan fingerprint density at radius 2 is 0.933 bits per heavy atom. The van der Waals surface area contributed by atoms with Gasteiger partial charge in [0.2, 0.25) is 0 Å². The highest BCUT2D eigenvalue weighted by molar-refractivity contribution is 4.47. The van der Waals surface area contributed by atoms with E-state index in [1.165, 1.54) is 71.3 Å². The first-order chi connectivity index (χ1) is 7.41. The first-order valence-corrected chi connectivity index (χ1v) is 6.69. The van der Waals surface area contributed by atoms with E-state index in [2.05, 4.69) is 12.7 Å². The summed E-state index contributed by atoms with van der Waals surface area (Å²) >= 11 is 0. The molecule has 94 valence electrons. The molecule has 0 amide bonds. The fourth-order valence-corrected chi connectivity index (χ4v) is 1.63. The van der Waals surface area contributed by atoms with Gasteiger partial charge in [-0.2, -0.15) is 0 Å². The summed E-state index contributed by atoms with van der Waals surface area (Å²) in [5.41, 5.74) is 9.92. The van der Waals surface area contributed by atoms with Gasteiger partial charge in [0.1, 0.15) is 0 Å². The highest BCUT2D eigenvalue weighted by Crippen LogP contribution is 2.09. The second-order valence-electron chi connectivity index (χ2n) is 3.97. The molecule has 4 N–H and O–H groups in total. The zero-order valence-corrected chi connectivity index (χ0v) is 10.9. The van der Waals surface area contributed by atoms with E-state index in [4.69, 9.17) is 5.73 Å². The van der Waals surface area contributed by atoms with Gasteiger partial charge in [0, 0.05) is 0 Å². The lowest BCUT2D eigenvalue weighted by atomic mass is 10.1. The number of rotatable bonds is 10. The predicted molar refractivity (Wildman–Crippen MR) is 71.0 cm³/mol. The van der Waals surface area contributed by atoms with Gasteiger partial charge in [-0.1, -0.05) is 64.7 Å². The minimum atomic E-state index is 0.872. The summed E-state index contributed by atoms with van der Waals surface area (Å²) in [4.78, 5) is 0. The van der Waals surface area contributed by atoms with Crippen molar-refractivity contribution in [2.75, 3.05) is 13.6 Å². The Morgan fingerprint density at radius 3 is 1.27 bits per heavy atom. The van der Waals surface area contributed by atoms with Crippen molar-refractivity contribution in [3.8, 4) is 0 Å². The fourth-order valence-electron chi connectivity index (χ4n) is 1.63. The molecule has 0 aliphatic heterocycles. The molecule has 0 rings (SSSR count). The maximum absolute atomic E-state index is 5.42. The van der Waals surface area contributed by atoms with Gasteiger partial charge in [0.15, 0.2) is 0 Å². The molecular formula is C13H32N2. The molecule has 0 fully saturated rings. The number of unbranched alkanes of at least 4 members (excludes halogenated alkanes) is 9. The van der Waals surface area contributed by atoms with Crippen LogP contribution in [-0.2, 0) is 0 Å². The van der Waals surface area contributed by atoms with Crippen molar-refractivity contribution < 1.29 is 0 Å². The van der Waals surface area contributed by atoms with E-state index in [-0.39, 0.29) is 0 Å². The van der Waals surface area contributed by atoms with Crippen molar-refractivity contribution in [2.24, 2.45) is 11.5 Å². The van der Waals surface area contributed by atoms with E-state index < -0.39 is 0 Å². The summed E-state index contributed by atoms with van der Waals surface area (Å²) in [5, 5.41) is 0. The van der Waals surface area contributed by atoms with Crippen LogP contribution in [0.1, 0.15) is 71.1 Å². The third-order valence-corrected chi connectivity index (χ3v) is 2.56. The molecule has 0 bridgehead atoms. The van der Waals surface area contributed by atoms with Crippen LogP contribution >= 0.6 is 0 Å². The topological polar surface area (TPSA) is 52.0 Å². The van der Waals surface area contributed by atoms with Crippen molar-refractivity contribution in [3.05, 3.63) is 0 Å². The second-order valence-corrected chi connectivity index (χ2v) is 3.97. The number of hydrogen-bond donors (Lipinski definition) is 2. The van der Waals surface area contributed by atoms with Gasteiger partial charge in [-0.15, -0.1) is 0 Å². The quantitative estimate of drug-likeness (QED) is 0.550. The monoisotopic (exact) mass is 216 g/mol. The van der Waals surface area contributed by atoms with E-state index in [9.17, 15) is 0 Å². The van der Waals surface area contributed by atoms with Crippen LogP contribution in [0.5, 0.6) is 0 Å². The van der Waals surface area contributed by atoms with Gasteiger partial charge in [0.05, 0.1) is 0 Å². The van der Waals surface area contributed by atoms with Crippen LogP contribution in [0.25, 0.3) is 0 Å². The number of nitrogens with two attached hydrogens (primary N) is 2. The van der Waals surface area contributed by atoms with Crippen LogP contribution in [0.3, 0.4) is 0 Å². The van der Waals surface area contributed by atoms with E-state index in [0.717, 1.165) is 6.54 Å². The largest absolute Gasteiger partial charge is 0.333 e. The third kappa shape index (κ3) is 20.1. The van der Waals surface area contributed by atoms with Crippen LogP contribution in [-0.4, -0.2) is 13.6 Å². The average molecular weight is 216 g/mol. The van der Waals surface area contributed by atoms with Crippen LogP contribution in [0, 0.1) is 0 Å². The summed E-state index contributed by atoms with van der Waals surface area (Å²) in [6.07, 6.45) is 13.9. The SMILES string of the molecule is CCCCCCCCCCCCN.CN. The Hall–Kier alpha value is -0.0800. The Balaban J connectivity index is 0. The minimum Gasteiger partial charge on any atom is -0.333 e. The first-order valence-electron chi connectivity index (χ1n) is 6.69. The Morgan fingerprint density at radius 1 is 0.600 bits per heavy atom. The molecule has 0 atom stereocenters. The van der Waals surface area contributed by atoms with Gasteiger partial charge in [0.25, 0.3) is 0 Å². The van der Waals surface area contributed by atoms with E-state index in [1.807, 2.05) is 0 Å². The normalized spacial score (nSPS) is 9.60. The zero-order chi connectivity index (χ0) is 11.8. The maximum atomic E-state index is 5.42. The summed E-state index contributed by atoms with van der Waals surface area (Å²) in [5.74, 6) is 0. The highest BCUT2D eigenvalue weighted by atomic mass is 14.5. The molecule has 0 heterocycles. The molecule has 0 aromatic carbocycles. The summed E-state index contributed by atoms with van der Waals surface area (Å²) in [6.45, 7) is 3.14. The van der Waals surface area contributed by atoms with Gasteiger partial charge in [-0.05, 0) is 20.0 Å². The maximum Gasteiger partial charge on any atom is -0.00773 e. The molecule has 2 nitrogen and oxygen atoms in total. The van der Waals surface area contributed by atoms with Crippen molar-refractivity contribution in [1.82, 2.24) is 0 Å². The minimum absolute atomic E-state index is 0.872. The van der Waals surface area contributed by atoms with Crippen LogP contribution < -0.4 is 11.5 Å². The molecule has 0 spiro atoms. The van der Waals surface area contributed by atoms with Crippen molar-refractivity contribution in [3.63, 3.8) is 0 Å². The Kier molecular flexibility index (Phi) is 22.5. The molecule has 0 aliphatic rings. The molecule has 2 heteroatoms. The molecule has 0 saturated carbocycles. The van der Waals surface area contributed by atoms with Gasteiger partial charge < -0.3 is 11.5 Å². The van der Waals surface area contributed by atoms with Crippen LogP contribution in [0.2, 0.25) is 0 Å². The lowest BCUT2D eigenvalue weighted by molar-refractivity contribution is 0.558. The van der Waals surface area contributed by atoms with Crippen molar-refractivity contribution in [1.29, 1.82) is 0 Å². The van der Waals surface area contributed by atoms with Crippen molar-refractivity contribution in [2.45, 2.75) is 71.1 Å². The second kappa shape index (κ2) is 19.5. The molecular weight excluding hydrogens is 184 g/mol. The average Bonchev–Trinajstić information content (AvgIpc) is 2.30. The van der Waals surface area contributed by atoms with Crippen molar-refractivity contribution >= 4 is 0 Å². The Bertz CT molecular complexity index is 74.6.